The van der Waals surface area contributed by atoms with Crippen LogP contribution in [0.4, 0.5) is 5.95 Å². The van der Waals surface area contributed by atoms with E-state index in [0.717, 1.165) is 17.6 Å². The van der Waals surface area contributed by atoms with Crippen LogP contribution in [0.3, 0.4) is 0 Å². The fourth-order valence-corrected chi connectivity index (χ4v) is 1.95. The van der Waals surface area contributed by atoms with Crippen molar-refractivity contribution < 1.29 is 0 Å². The summed E-state index contributed by atoms with van der Waals surface area (Å²) in [6, 6.07) is 6.20. The maximum absolute atomic E-state index is 5.98. The molecule has 3 nitrogen and oxygen atoms in total. The number of anilines is 1. The smallest absolute Gasteiger partial charge is 0.201 e. The molecule has 0 saturated carbocycles. The number of hydrogen-bond acceptors (Lipinski definition) is 2. The van der Waals surface area contributed by atoms with Gasteiger partial charge in [-0.2, -0.15) is 0 Å². The molecule has 0 spiro atoms. The van der Waals surface area contributed by atoms with Gasteiger partial charge in [0.2, 0.25) is 5.95 Å². The second kappa shape index (κ2) is 3.51. The van der Waals surface area contributed by atoms with Gasteiger partial charge in [0, 0.05) is 6.54 Å². The molecule has 0 aliphatic carbocycles. The molecule has 1 aromatic carbocycles. The van der Waals surface area contributed by atoms with E-state index < -0.39 is 0 Å². The molecule has 0 amide bonds. The maximum Gasteiger partial charge on any atom is 0.201 e. The molecule has 0 aliphatic heterocycles. The minimum Gasteiger partial charge on any atom is -0.369 e. The molecule has 0 fully saturated rings. The van der Waals surface area contributed by atoms with E-state index in [-0.39, 0.29) is 5.41 Å². The lowest BCUT2D eigenvalue weighted by atomic mass is 9.97. The van der Waals surface area contributed by atoms with Crippen molar-refractivity contribution in [3.05, 3.63) is 23.8 Å². The fraction of sp³-hybridized carbons (Fsp3) is 0.462. The van der Waals surface area contributed by atoms with E-state index in [1.807, 2.05) is 0 Å². The highest BCUT2D eigenvalue weighted by molar-refractivity contribution is 5.81. The van der Waals surface area contributed by atoms with Gasteiger partial charge in [-0.1, -0.05) is 32.9 Å². The molecular formula is C13H19N3. The van der Waals surface area contributed by atoms with Crippen LogP contribution in [-0.4, -0.2) is 9.55 Å². The Kier molecular flexibility index (Phi) is 2.41. The lowest BCUT2D eigenvalue weighted by Gasteiger charge is -2.20. The number of nitrogens with zero attached hydrogens (tertiary/aromatic N) is 2. The highest BCUT2D eigenvalue weighted by Crippen LogP contribution is 2.25. The number of imidazole rings is 1. The topological polar surface area (TPSA) is 43.8 Å². The molecule has 3 heteroatoms. The van der Waals surface area contributed by atoms with Crippen LogP contribution in [0.5, 0.6) is 0 Å². The van der Waals surface area contributed by atoms with Gasteiger partial charge in [-0.05, 0) is 24.0 Å². The van der Waals surface area contributed by atoms with Crippen LogP contribution in [0.1, 0.15) is 26.3 Å². The van der Waals surface area contributed by atoms with Crippen LogP contribution in [0.2, 0.25) is 0 Å². The summed E-state index contributed by atoms with van der Waals surface area (Å²) in [4.78, 5) is 4.44. The molecule has 86 valence electrons. The maximum atomic E-state index is 5.98. The highest BCUT2D eigenvalue weighted by atomic mass is 15.2. The zero-order valence-corrected chi connectivity index (χ0v) is 10.4. The van der Waals surface area contributed by atoms with Gasteiger partial charge >= 0.3 is 0 Å². The highest BCUT2D eigenvalue weighted by Gasteiger charge is 2.16. The first-order valence-electron chi connectivity index (χ1n) is 5.60. The third kappa shape index (κ3) is 1.90. The average molecular weight is 217 g/mol. The summed E-state index contributed by atoms with van der Waals surface area (Å²) in [6.07, 6.45) is 0. The van der Waals surface area contributed by atoms with Crippen molar-refractivity contribution in [3.63, 3.8) is 0 Å². The molecule has 1 aromatic heterocycles. The van der Waals surface area contributed by atoms with Gasteiger partial charge in [0.05, 0.1) is 11.0 Å². The summed E-state index contributed by atoms with van der Waals surface area (Å²) in [5, 5.41) is 0. The first-order valence-corrected chi connectivity index (χ1v) is 5.60. The third-order valence-electron chi connectivity index (χ3n) is 2.64. The summed E-state index contributed by atoms with van der Waals surface area (Å²) in [5.41, 5.74) is 9.51. The van der Waals surface area contributed by atoms with Crippen molar-refractivity contribution in [1.29, 1.82) is 0 Å². The largest absolute Gasteiger partial charge is 0.369 e. The number of hydrogen-bond donors (Lipinski definition) is 1. The van der Waals surface area contributed by atoms with Gasteiger partial charge in [0.15, 0.2) is 0 Å². The van der Waals surface area contributed by atoms with Crippen molar-refractivity contribution in [3.8, 4) is 0 Å². The first-order chi connectivity index (χ1) is 7.38. The number of rotatable bonds is 1. The van der Waals surface area contributed by atoms with Gasteiger partial charge in [0.25, 0.3) is 0 Å². The molecular weight excluding hydrogens is 198 g/mol. The van der Waals surface area contributed by atoms with Crippen LogP contribution >= 0.6 is 0 Å². The van der Waals surface area contributed by atoms with E-state index in [2.05, 4.69) is 55.4 Å². The number of para-hydroxylation sites is 1. The zero-order chi connectivity index (χ0) is 11.9. The number of nitrogens with two attached hydrogens (primary N) is 1. The number of nitrogen functional groups attached to an aromatic ring is 1. The van der Waals surface area contributed by atoms with Gasteiger partial charge in [-0.25, -0.2) is 4.98 Å². The van der Waals surface area contributed by atoms with Gasteiger partial charge < -0.3 is 10.3 Å². The molecule has 0 bridgehead atoms. The zero-order valence-electron chi connectivity index (χ0n) is 10.4. The Morgan fingerprint density at radius 1 is 1.31 bits per heavy atom. The number of aromatic nitrogens is 2. The second-order valence-electron chi connectivity index (χ2n) is 5.56. The Labute approximate surface area is 96.3 Å². The van der Waals surface area contributed by atoms with Crippen LogP contribution in [-0.2, 0) is 6.54 Å². The minimum absolute atomic E-state index is 0.200. The van der Waals surface area contributed by atoms with E-state index in [4.69, 9.17) is 5.73 Å². The average Bonchev–Trinajstić information content (AvgIpc) is 2.44. The first kappa shape index (κ1) is 11.0. The summed E-state index contributed by atoms with van der Waals surface area (Å²) in [5.74, 6) is 0.610. The predicted molar refractivity (Wildman–Crippen MR) is 68.3 cm³/mol. The predicted octanol–water partition coefficient (Wildman–Crippen LogP) is 2.97. The SMILES string of the molecule is Cc1cccc2c1nc(N)n2CC(C)(C)C. The lowest BCUT2D eigenvalue weighted by molar-refractivity contribution is 0.351. The van der Waals surface area contributed by atoms with Crippen LogP contribution in [0.15, 0.2) is 18.2 Å². The standard InChI is InChI=1S/C13H19N3/c1-9-6-5-7-10-11(9)15-12(14)16(10)8-13(2,3)4/h5-7H,8H2,1-4H3,(H2,14,15). The van der Waals surface area contributed by atoms with E-state index in [1.165, 1.54) is 5.56 Å². The Morgan fingerprint density at radius 3 is 2.62 bits per heavy atom. The van der Waals surface area contributed by atoms with Crippen molar-refractivity contribution in [2.24, 2.45) is 5.41 Å². The third-order valence-corrected chi connectivity index (χ3v) is 2.64. The quantitative estimate of drug-likeness (QED) is 0.798. The van der Waals surface area contributed by atoms with Gasteiger partial charge in [0.1, 0.15) is 0 Å². The molecule has 2 rings (SSSR count). The summed E-state index contributed by atoms with van der Waals surface area (Å²) in [7, 11) is 0. The summed E-state index contributed by atoms with van der Waals surface area (Å²) >= 11 is 0. The van der Waals surface area contributed by atoms with Crippen molar-refractivity contribution in [2.45, 2.75) is 34.2 Å². The molecule has 0 radical (unpaired) electrons. The molecule has 1 heterocycles. The van der Waals surface area contributed by atoms with Crippen LogP contribution in [0, 0.1) is 12.3 Å². The van der Waals surface area contributed by atoms with E-state index in [1.54, 1.807) is 0 Å². The number of aryl methyl sites for hydroxylation is 1. The normalized spacial score (nSPS) is 12.2. The van der Waals surface area contributed by atoms with Crippen molar-refractivity contribution in [2.75, 3.05) is 5.73 Å². The second-order valence-corrected chi connectivity index (χ2v) is 5.56. The van der Waals surface area contributed by atoms with Crippen molar-refractivity contribution in [1.82, 2.24) is 9.55 Å². The Bertz CT molecular complexity index is 518. The Morgan fingerprint density at radius 2 is 2.00 bits per heavy atom. The molecule has 2 aromatic rings. The molecule has 0 unspecified atom stereocenters. The number of benzene rings is 1. The van der Waals surface area contributed by atoms with E-state index >= 15 is 0 Å². The Hall–Kier alpha value is -1.51. The molecule has 0 aliphatic rings. The summed E-state index contributed by atoms with van der Waals surface area (Å²) < 4.78 is 2.10. The van der Waals surface area contributed by atoms with E-state index in [9.17, 15) is 0 Å². The van der Waals surface area contributed by atoms with Gasteiger partial charge in [-0.15, -0.1) is 0 Å². The molecule has 2 N–H and O–H groups in total. The van der Waals surface area contributed by atoms with Crippen LogP contribution in [0.25, 0.3) is 11.0 Å². The Balaban J connectivity index is 2.61. The molecule has 0 atom stereocenters. The fourth-order valence-electron chi connectivity index (χ4n) is 1.95. The van der Waals surface area contributed by atoms with E-state index in [0.29, 0.717) is 5.95 Å². The molecule has 0 saturated heterocycles. The monoisotopic (exact) mass is 217 g/mol. The minimum atomic E-state index is 0.200. The number of fused-ring (bicyclic) bond motifs is 1. The van der Waals surface area contributed by atoms with Crippen LogP contribution < -0.4 is 5.73 Å². The summed E-state index contributed by atoms with van der Waals surface area (Å²) in [6.45, 7) is 9.56. The molecule has 16 heavy (non-hydrogen) atoms. The van der Waals surface area contributed by atoms with Crippen molar-refractivity contribution >= 4 is 17.0 Å². The van der Waals surface area contributed by atoms with Gasteiger partial charge in [-0.3, -0.25) is 0 Å². The lowest BCUT2D eigenvalue weighted by Crippen LogP contribution is -2.17.